The molecule has 0 aromatic heterocycles. The molecule has 0 fully saturated rings. The summed E-state index contributed by atoms with van der Waals surface area (Å²) in [6, 6.07) is 7.08. The Bertz CT molecular complexity index is 616. The summed E-state index contributed by atoms with van der Waals surface area (Å²) in [5.74, 6) is -1.43. The molecule has 1 aromatic carbocycles. The molecule has 26 heavy (non-hydrogen) atoms. The number of carboxylic acids is 1. The van der Waals surface area contributed by atoms with E-state index in [9.17, 15) is 19.5 Å². The van der Waals surface area contributed by atoms with E-state index in [1.54, 1.807) is 20.8 Å². The first-order valence-corrected chi connectivity index (χ1v) is 8.93. The molecule has 2 atom stereocenters. The van der Waals surface area contributed by atoms with E-state index in [1.165, 1.54) is 0 Å². The second-order valence-electron chi connectivity index (χ2n) is 6.80. The van der Waals surface area contributed by atoms with Crippen molar-refractivity contribution in [2.45, 2.75) is 51.3 Å². The van der Waals surface area contributed by atoms with Crippen LogP contribution in [-0.2, 0) is 20.7 Å². The van der Waals surface area contributed by atoms with Gasteiger partial charge in [-0.15, -0.1) is 0 Å². The lowest BCUT2D eigenvalue weighted by Crippen LogP contribution is -2.53. The third kappa shape index (κ3) is 8.24. The Morgan fingerprint density at radius 2 is 1.73 bits per heavy atom. The summed E-state index contributed by atoms with van der Waals surface area (Å²) in [6.45, 7) is 5.14. The van der Waals surface area contributed by atoms with Crippen molar-refractivity contribution in [3.05, 3.63) is 35.9 Å². The maximum atomic E-state index is 12.6. The van der Waals surface area contributed by atoms with Crippen molar-refractivity contribution in [2.75, 3.05) is 5.75 Å². The van der Waals surface area contributed by atoms with Crippen LogP contribution in [0.15, 0.2) is 30.3 Å². The fourth-order valence-electron chi connectivity index (χ4n) is 2.17. The van der Waals surface area contributed by atoms with Crippen molar-refractivity contribution in [3.8, 4) is 0 Å². The van der Waals surface area contributed by atoms with Gasteiger partial charge in [0, 0.05) is 6.42 Å². The number of amides is 2. The third-order valence-corrected chi connectivity index (χ3v) is 3.58. The van der Waals surface area contributed by atoms with E-state index < -0.39 is 35.7 Å². The Labute approximate surface area is 158 Å². The number of carbonyl (C=O) groups excluding carboxylic acids is 2. The van der Waals surface area contributed by atoms with Gasteiger partial charge in [-0.3, -0.25) is 4.79 Å². The largest absolute Gasteiger partial charge is 0.480 e. The first kappa shape index (κ1) is 21.8. The quantitative estimate of drug-likeness (QED) is 0.515. The van der Waals surface area contributed by atoms with Crippen molar-refractivity contribution >= 4 is 30.6 Å². The zero-order valence-corrected chi connectivity index (χ0v) is 16.1. The van der Waals surface area contributed by atoms with Gasteiger partial charge in [-0.1, -0.05) is 30.3 Å². The summed E-state index contributed by atoms with van der Waals surface area (Å²) < 4.78 is 5.20. The van der Waals surface area contributed by atoms with Gasteiger partial charge in [0.1, 0.15) is 17.7 Å². The molecular formula is C18H26N2O5S. The summed E-state index contributed by atoms with van der Waals surface area (Å²) in [7, 11) is 0. The van der Waals surface area contributed by atoms with Crippen LogP contribution >= 0.6 is 12.6 Å². The minimum Gasteiger partial charge on any atom is -0.480 e. The highest BCUT2D eigenvalue weighted by molar-refractivity contribution is 7.80. The number of ether oxygens (including phenoxy) is 1. The number of alkyl carbamates (subject to hydrolysis) is 1. The van der Waals surface area contributed by atoms with Crippen LogP contribution in [0.5, 0.6) is 0 Å². The average molecular weight is 382 g/mol. The summed E-state index contributed by atoms with van der Waals surface area (Å²) in [4.78, 5) is 35.9. The molecule has 0 aliphatic heterocycles. The van der Waals surface area contributed by atoms with Gasteiger partial charge < -0.3 is 20.5 Å². The van der Waals surface area contributed by atoms with Gasteiger partial charge in [0.15, 0.2) is 0 Å². The molecule has 0 saturated carbocycles. The predicted molar refractivity (Wildman–Crippen MR) is 101 cm³/mol. The molecule has 0 saturated heterocycles. The minimum absolute atomic E-state index is 0.175. The van der Waals surface area contributed by atoms with E-state index in [2.05, 4.69) is 23.3 Å². The van der Waals surface area contributed by atoms with Gasteiger partial charge in [0.05, 0.1) is 0 Å². The Morgan fingerprint density at radius 1 is 1.12 bits per heavy atom. The third-order valence-electron chi connectivity index (χ3n) is 3.32. The highest BCUT2D eigenvalue weighted by Gasteiger charge is 2.28. The second kappa shape index (κ2) is 10.1. The normalized spacial score (nSPS) is 13.4. The van der Waals surface area contributed by atoms with Gasteiger partial charge >= 0.3 is 12.1 Å². The summed E-state index contributed by atoms with van der Waals surface area (Å²) in [6.07, 6.45) is -0.358. The van der Waals surface area contributed by atoms with Crippen LogP contribution in [-0.4, -0.2) is 46.5 Å². The molecule has 0 bridgehead atoms. The molecule has 2 amide bonds. The molecule has 1 aromatic rings. The first-order valence-electron chi connectivity index (χ1n) is 8.30. The molecule has 0 aliphatic carbocycles. The van der Waals surface area contributed by atoms with Crippen LogP contribution in [0, 0.1) is 0 Å². The maximum Gasteiger partial charge on any atom is 0.408 e. The smallest absolute Gasteiger partial charge is 0.408 e. The van der Waals surface area contributed by atoms with E-state index in [-0.39, 0.29) is 12.8 Å². The van der Waals surface area contributed by atoms with Crippen LogP contribution in [0.4, 0.5) is 4.79 Å². The van der Waals surface area contributed by atoms with E-state index in [0.717, 1.165) is 5.56 Å². The molecule has 7 nitrogen and oxygen atoms in total. The van der Waals surface area contributed by atoms with E-state index >= 15 is 0 Å². The number of hydrogen-bond donors (Lipinski definition) is 4. The highest BCUT2D eigenvalue weighted by Crippen LogP contribution is 2.09. The minimum atomic E-state index is -1.15. The van der Waals surface area contributed by atoms with Crippen molar-refractivity contribution in [1.29, 1.82) is 0 Å². The van der Waals surface area contributed by atoms with Crippen LogP contribution < -0.4 is 10.6 Å². The fourth-order valence-corrected chi connectivity index (χ4v) is 2.43. The number of thiol groups is 1. The van der Waals surface area contributed by atoms with Crippen LogP contribution in [0.1, 0.15) is 32.8 Å². The van der Waals surface area contributed by atoms with E-state index in [1.807, 2.05) is 30.3 Å². The number of hydrogen-bond acceptors (Lipinski definition) is 5. The molecule has 3 N–H and O–H groups in total. The molecule has 1 rings (SSSR count). The zero-order chi connectivity index (χ0) is 19.7. The van der Waals surface area contributed by atoms with Gasteiger partial charge in [0.25, 0.3) is 0 Å². The highest BCUT2D eigenvalue weighted by atomic mass is 32.1. The molecule has 0 unspecified atom stereocenters. The van der Waals surface area contributed by atoms with Crippen molar-refractivity contribution < 1.29 is 24.2 Å². The summed E-state index contributed by atoms with van der Waals surface area (Å²) in [5.41, 5.74) is 0.109. The van der Waals surface area contributed by atoms with Gasteiger partial charge in [0.2, 0.25) is 5.91 Å². The SMILES string of the molecule is CC(C)(C)OC(=O)N[C@@H](Cc1ccccc1)C(=O)N[C@H](CCS)C(=O)O. The van der Waals surface area contributed by atoms with Crippen LogP contribution in [0.2, 0.25) is 0 Å². The lowest BCUT2D eigenvalue weighted by atomic mass is 10.0. The standard InChI is InChI=1S/C18H26N2O5S/c1-18(2,3)25-17(24)20-14(11-12-7-5-4-6-8-12)15(21)19-13(9-10-26)16(22)23/h4-8,13-14,26H,9-11H2,1-3H3,(H,19,21)(H,20,24)(H,22,23)/t13-,14+/m1/s1. The summed E-state index contributed by atoms with van der Waals surface area (Å²) in [5, 5.41) is 14.2. The lowest BCUT2D eigenvalue weighted by molar-refractivity contribution is -0.142. The topological polar surface area (TPSA) is 105 Å². The number of carboxylic acid groups (broad SMARTS) is 1. The number of rotatable bonds is 8. The Kier molecular flexibility index (Phi) is 8.44. The van der Waals surface area contributed by atoms with Gasteiger partial charge in [-0.2, -0.15) is 12.6 Å². The van der Waals surface area contributed by atoms with Crippen molar-refractivity contribution in [2.24, 2.45) is 0 Å². The van der Waals surface area contributed by atoms with Crippen LogP contribution in [0.25, 0.3) is 0 Å². The van der Waals surface area contributed by atoms with E-state index in [4.69, 9.17) is 4.74 Å². The molecule has 0 spiro atoms. The zero-order valence-electron chi connectivity index (χ0n) is 15.2. The first-order chi connectivity index (χ1) is 12.1. The molecule has 144 valence electrons. The lowest BCUT2D eigenvalue weighted by Gasteiger charge is -2.24. The Morgan fingerprint density at radius 3 is 2.23 bits per heavy atom. The molecule has 0 aliphatic rings. The number of carbonyl (C=O) groups is 3. The number of aliphatic carboxylic acids is 1. The average Bonchev–Trinajstić information content (AvgIpc) is 2.52. The maximum absolute atomic E-state index is 12.6. The predicted octanol–water partition coefficient (Wildman–Crippen LogP) is 2.01. The second-order valence-corrected chi connectivity index (χ2v) is 7.25. The van der Waals surface area contributed by atoms with Gasteiger partial charge in [-0.05, 0) is 38.5 Å². The van der Waals surface area contributed by atoms with Crippen molar-refractivity contribution in [3.63, 3.8) is 0 Å². The number of benzene rings is 1. The van der Waals surface area contributed by atoms with E-state index in [0.29, 0.717) is 5.75 Å². The Hall–Kier alpha value is -2.22. The molecule has 8 heteroatoms. The Balaban J connectivity index is 2.89. The fraction of sp³-hybridized carbons (Fsp3) is 0.500. The van der Waals surface area contributed by atoms with Crippen LogP contribution in [0.3, 0.4) is 0 Å². The number of nitrogens with one attached hydrogen (secondary N) is 2. The molecular weight excluding hydrogens is 356 g/mol. The monoisotopic (exact) mass is 382 g/mol. The molecule has 0 heterocycles. The van der Waals surface area contributed by atoms with Gasteiger partial charge in [-0.25, -0.2) is 9.59 Å². The van der Waals surface area contributed by atoms with Crippen molar-refractivity contribution in [1.82, 2.24) is 10.6 Å². The molecule has 0 radical (unpaired) electrons. The summed E-state index contributed by atoms with van der Waals surface area (Å²) >= 11 is 4.01.